The Morgan fingerprint density at radius 3 is 2.91 bits per heavy atom. The van der Waals surface area contributed by atoms with Crippen molar-refractivity contribution in [3.05, 3.63) is 47.6 Å². The van der Waals surface area contributed by atoms with Crippen molar-refractivity contribution in [1.82, 2.24) is 19.7 Å². The monoisotopic (exact) mass is 459 g/mol. The predicted molar refractivity (Wildman–Crippen MR) is 118 cm³/mol. The SMILES string of the molecule is CC1OC1c1cc(-c2ncc(F)c(NCCCCC(=O)O)n2)nn1CC1=CC=CCC1(C)F. The molecular formula is C23H27F2N5O3. The molecule has 3 atom stereocenters. The largest absolute Gasteiger partial charge is 0.481 e. The van der Waals surface area contributed by atoms with E-state index >= 15 is 0 Å². The van der Waals surface area contributed by atoms with Gasteiger partial charge >= 0.3 is 5.97 Å². The minimum absolute atomic E-state index is 0.0268. The van der Waals surface area contributed by atoms with E-state index < -0.39 is 17.5 Å². The lowest BCUT2D eigenvalue weighted by atomic mass is 9.90. The van der Waals surface area contributed by atoms with Crippen molar-refractivity contribution in [1.29, 1.82) is 0 Å². The zero-order chi connectivity index (χ0) is 23.6. The summed E-state index contributed by atoms with van der Waals surface area (Å²) < 4.78 is 36.5. The maximum atomic E-state index is 15.0. The van der Waals surface area contributed by atoms with Crippen molar-refractivity contribution >= 4 is 11.8 Å². The molecule has 2 aliphatic rings. The lowest BCUT2D eigenvalue weighted by Crippen LogP contribution is -2.26. The number of hydrogen-bond acceptors (Lipinski definition) is 6. The third kappa shape index (κ3) is 5.44. The Balaban J connectivity index is 1.55. The van der Waals surface area contributed by atoms with Gasteiger partial charge in [0.15, 0.2) is 17.5 Å². The van der Waals surface area contributed by atoms with Crippen LogP contribution in [0.3, 0.4) is 0 Å². The van der Waals surface area contributed by atoms with Crippen LogP contribution in [0.4, 0.5) is 14.6 Å². The van der Waals surface area contributed by atoms with E-state index in [2.05, 4.69) is 20.4 Å². The highest BCUT2D eigenvalue weighted by atomic mass is 19.1. The van der Waals surface area contributed by atoms with Crippen LogP contribution >= 0.6 is 0 Å². The molecule has 2 aromatic heterocycles. The van der Waals surface area contributed by atoms with Crippen LogP contribution in [0, 0.1) is 5.82 Å². The number of aliphatic carboxylic acids is 1. The zero-order valence-corrected chi connectivity index (χ0v) is 18.6. The van der Waals surface area contributed by atoms with E-state index in [0.29, 0.717) is 37.1 Å². The van der Waals surface area contributed by atoms with Gasteiger partial charge in [0.1, 0.15) is 17.5 Å². The molecule has 3 unspecified atom stereocenters. The van der Waals surface area contributed by atoms with Crippen molar-refractivity contribution in [2.75, 3.05) is 11.9 Å². The summed E-state index contributed by atoms with van der Waals surface area (Å²) in [6.45, 7) is 4.14. The van der Waals surface area contributed by atoms with Crippen molar-refractivity contribution in [3.8, 4) is 11.5 Å². The maximum absolute atomic E-state index is 15.0. The topological polar surface area (TPSA) is 105 Å². The molecular weight excluding hydrogens is 432 g/mol. The predicted octanol–water partition coefficient (Wildman–Crippen LogP) is 4.22. The first-order valence-corrected chi connectivity index (χ1v) is 11.0. The lowest BCUT2D eigenvalue weighted by molar-refractivity contribution is -0.137. The van der Waals surface area contributed by atoms with Crippen LogP contribution in [-0.4, -0.2) is 49.1 Å². The summed E-state index contributed by atoms with van der Waals surface area (Å²) in [6, 6.07) is 1.80. The summed E-state index contributed by atoms with van der Waals surface area (Å²) in [5.41, 5.74) is 0.380. The van der Waals surface area contributed by atoms with Gasteiger partial charge in [-0.3, -0.25) is 9.48 Å². The third-order valence-corrected chi connectivity index (χ3v) is 5.82. The molecule has 8 nitrogen and oxygen atoms in total. The summed E-state index contributed by atoms with van der Waals surface area (Å²) in [6.07, 6.45) is 7.78. The Kier molecular flexibility index (Phi) is 6.55. The molecule has 0 radical (unpaired) electrons. The quantitative estimate of drug-likeness (QED) is 0.405. The van der Waals surface area contributed by atoms with E-state index in [1.807, 2.05) is 13.0 Å². The summed E-state index contributed by atoms with van der Waals surface area (Å²) in [5, 5.41) is 16.2. The van der Waals surface area contributed by atoms with Gasteiger partial charge in [-0.25, -0.2) is 18.7 Å². The molecule has 2 N–H and O–H groups in total. The fraction of sp³-hybridized carbons (Fsp3) is 0.478. The molecule has 0 saturated carbocycles. The number of rotatable bonds is 10. The van der Waals surface area contributed by atoms with E-state index in [9.17, 15) is 13.6 Å². The van der Waals surface area contributed by atoms with Gasteiger partial charge in [0.2, 0.25) is 0 Å². The molecule has 2 aromatic rings. The van der Waals surface area contributed by atoms with Gasteiger partial charge in [-0.2, -0.15) is 5.10 Å². The van der Waals surface area contributed by atoms with Crippen molar-refractivity contribution in [3.63, 3.8) is 0 Å². The van der Waals surface area contributed by atoms with Gasteiger partial charge in [0, 0.05) is 19.4 Å². The van der Waals surface area contributed by atoms with Crippen LogP contribution < -0.4 is 5.32 Å². The summed E-state index contributed by atoms with van der Waals surface area (Å²) in [5.74, 6) is -1.21. The van der Waals surface area contributed by atoms with Crippen molar-refractivity contribution in [2.24, 2.45) is 0 Å². The number of allylic oxidation sites excluding steroid dienone is 4. The number of ether oxygens (including phenoxy) is 1. The lowest BCUT2D eigenvalue weighted by Gasteiger charge is -2.25. The normalized spacial score (nSPS) is 23.9. The first-order chi connectivity index (χ1) is 15.7. The number of nitrogens with one attached hydrogen (secondary N) is 1. The number of nitrogens with zero attached hydrogens (tertiary/aromatic N) is 4. The second kappa shape index (κ2) is 9.38. The van der Waals surface area contributed by atoms with Crippen LogP contribution in [0.1, 0.15) is 51.3 Å². The van der Waals surface area contributed by atoms with Crippen LogP contribution in [0.25, 0.3) is 11.5 Å². The van der Waals surface area contributed by atoms with Gasteiger partial charge in [-0.15, -0.1) is 0 Å². The second-order valence-corrected chi connectivity index (χ2v) is 8.56. The standard InChI is InChI=1S/C23H27F2N5O3/c1-14-20(33-14)18-11-17(29-30(18)13-15-7-3-5-9-23(15,2)25)22-27-12-16(24)21(28-22)26-10-6-4-8-19(31)32/h3,5,7,11-12,14,20H,4,6,8-10,13H2,1-2H3,(H,31,32)(H,26,27,28). The molecule has 176 valence electrons. The Hall–Kier alpha value is -3.14. The summed E-state index contributed by atoms with van der Waals surface area (Å²) >= 11 is 0. The van der Waals surface area contributed by atoms with Crippen molar-refractivity contribution in [2.45, 2.75) is 64.0 Å². The van der Waals surface area contributed by atoms with Crippen LogP contribution in [0.5, 0.6) is 0 Å². The van der Waals surface area contributed by atoms with Gasteiger partial charge < -0.3 is 15.2 Å². The van der Waals surface area contributed by atoms with Gasteiger partial charge in [0.05, 0.1) is 24.5 Å². The highest BCUT2D eigenvalue weighted by Crippen LogP contribution is 2.40. The number of hydrogen-bond donors (Lipinski definition) is 2. The Morgan fingerprint density at radius 1 is 1.42 bits per heavy atom. The molecule has 3 heterocycles. The van der Waals surface area contributed by atoms with E-state index in [1.165, 1.54) is 0 Å². The number of unbranched alkanes of at least 4 members (excludes halogenated alkanes) is 1. The van der Waals surface area contributed by atoms with E-state index in [0.717, 1.165) is 11.9 Å². The number of carboxylic acids is 1. The average molecular weight is 459 g/mol. The molecule has 1 fully saturated rings. The maximum Gasteiger partial charge on any atom is 0.303 e. The van der Waals surface area contributed by atoms with Crippen LogP contribution in [-0.2, 0) is 16.1 Å². The molecule has 0 bridgehead atoms. The molecule has 0 aromatic carbocycles. The first-order valence-electron chi connectivity index (χ1n) is 11.0. The molecule has 1 aliphatic heterocycles. The number of alkyl halides is 1. The number of carboxylic acid groups (broad SMARTS) is 1. The highest BCUT2D eigenvalue weighted by molar-refractivity contribution is 5.66. The van der Waals surface area contributed by atoms with Gasteiger partial charge in [0.25, 0.3) is 0 Å². The molecule has 1 aliphatic carbocycles. The molecule has 0 spiro atoms. The van der Waals surface area contributed by atoms with E-state index in [1.54, 1.807) is 29.8 Å². The molecule has 10 heteroatoms. The number of anilines is 1. The Morgan fingerprint density at radius 2 is 2.21 bits per heavy atom. The minimum Gasteiger partial charge on any atom is -0.481 e. The second-order valence-electron chi connectivity index (χ2n) is 8.56. The van der Waals surface area contributed by atoms with E-state index in [4.69, 9.17) is 9.84 Å². The smallest absolute Gasteiger partial charge is 0.303 e. The number of halogens is 2. The summed E-state index contributed by atoms with van der Waals surface area (Å²) in [7, 11) is 0. The Labute approximate surface area is 190 Å². The molecule has 4 rings (SSSR count). The minimum atomic E-state index is -1.46. The van der Waals surface area contributed by atoms with Crippen molar-refractivity contribution < 1.29 is 23.4 Å². The first kappa shape index (κ1) is 23.0. The van der Waals surface area contributed by atoms with Crippen LogP contribution in [0.2, 0.25) is 0 Å². The van der Waals surface area contributed by atoms with Gasteiger partial charge in [-0.1, -0.05) is 18.2 Å². The van der Waals surface area contributed by atoms with Crippen LogP contribution in [0.15, 0.2) is 36.1 Å². The highest BCUT2D eigenvalue weighted by Gasteiger charge is 2.40. The van der Waals surface area contributed by atoms with Gasteiger partial charge in [-0.05, 0) is 38.3 Å². The number of carbonyl (C=O) groups is 1. The number of aromatic nitrogens is 4. The Bertz CT molecular complexity index is 1100. The fourth-order valence-corrected chi connectivity index (χ4v) is 3.77. The average Bonchev–Trinajstić information content (AvgIpc) is 3.33. The van der Waals surface area contributed by atoms with E-state index in [-0.39, 0.29) is 36.8 Å². The third-order valence-electron chi connectivity index (χ3n) is 5.82. The molecule has 1 saturated heterocycles. The molecule has 0 amide bonds. The summed E-state index contributed by atoms with van der Waals surface area (Å²) in [4.78, 5) is 19.0. The zero-order valence-electron chi connectivity index (χ0n) is 18.6. The fourth-order valence-electron chi connectivity index (χ4n) is 3.77. The number of epoxide rings is 1. The molecule has 33 heavy (non-hydrogen) atoms.